The minimum absolute atomic E-state index is 0.0152. The molecule has 13 nitrogen and oxygen atoms in total. The summed E-state index contributed by atoms with van der Waals surface area (Å²) in [7, 11) is 0.110. The van der Waals surface area contributed by atoms with Crippen LogP contribution in [0.3, 0.4) is 0 Å². The van der Waals surface area contributed by atoms with Crippen molar-refractivity contribution in [1.29, 1.82) is 0 Å². The number of anilines is 1. The molecule has 0 radical (unpaired) electrons. The molecular weight excluding hydrogens is 497 g/mol. The van der Waals surface area contributed by atoms with E-state index in [0.29, 0.717) is 24.6 Å². The highest BCUT2D eigenvalue weighted by Gasteiger charge is 2.45. The fraction of sp³-hybridized carbons (Fsp3) is 0.739. The molecule has 0 saturated carbocycles. The second-order valence-corrected chi connectivity index (χ2v) is 14.0. The summed E-state index contributed by atoms with van der Waals surface area (Å²) >= 11 is 0. The molecule has 0 bridgehead atoms. The van der Waals surface area contributed by atoms with Crippen LogP contribution in [0.1, 0.15) is 54.2 Å². The molecule has 4 rings (SSSR count). The van der Waals surface area contributed by atoms with Gasteiger partial charge in [0.05, 0.1) is 24.6 Å². The Morgan fingerprint density at radius 1 is 1.19 bits per heavy atom. The SMILES string of the molecule is CN1CCN(C)C1=NP(=O)(OC(C)(C)C)N1C[C@@H](CC(C)(C)C)O[C@@H](n2cnc3c(=O)[nH]c(N)nc32)C1. The van der Waals surface area contributed by atoms with Crippen molar-refractivity contribution in [3.8, 4) is 0 Å². The van der Waals surface area contributed by atoms with Crippen LogP contribution in [0.15, 0.2) is 15.9 Å². The van der Waals surface area contributed by atoms with Gasteiger partial charge in [-0.05, 0) is 32.6 Å². The largest absolute Gasteiger partial charge is 0.393 e. The predicted molar refractivity (Wildman–Crippen MR) is 143 cm³/mol. The van der Waals surface area contributed by atoms with Gasteiger partial charge in [0, 0.05) is 33.7 Å². The number of aromatic nitrogens is 4. The number of hydrogen-bond acceptors (Lipinski definition) is 7. The normalized spacial score (nSPS) is 23.6. The quantitative estimate of drug-likeness (QED) is 0.545. The van der Waals surface area contributed by atoms with Gasteiger partial charge in [0.25, 0.3) is 5.56 Å². The highest BCUT2D eigenvalue weighted by molar-refractivity contribution is 7.55. The van der Waals surface area contributed by atoms with Crippen LogP contribution in [0.5, 0.6) is 0 Å². The van der Waals surface area contributed by atoms with E-state index < -0.39 is 25.1 Å². The van der Waals surface area contributed by atoms with Gasteiger partial charge in [0.2, 0.25) is 11.9 Å². The zero-order chi connectivity index (χ0) is 27.3. The zero-order valence-electron chi connectivity index (χ0n) is 23.1. The molecule has 2 aromatic rings. The van der Waals surface area contributed by atoms with Crippen LogP contribution >= 0.6 is 7.67 Å². The maximum absolute atomic E-state index is 14.7. The second kappa shape index (κ2) is 9.68. The van der Waals surface area contributed by atoms with E-state index >= 15 is 0 Å². The lowest BCUT2D eigenvalue weighted by Gasteiger charge is -2.43. The molecule has 37 heavy (non-hydrogen) atoms. The summed E-state index contributed by atoms with van der Waals surface area (Å²) in [4.78, 5) is 27.4. The van der Waals surface area contributed by atoms with Crippen molar-refractivity contribution in [2.45, 2.75) is 65.9 Å². The number of likely N-dealkylation sites (N-methyl/N-ethyl adjacent to an activating group) is 2. The minimum atomic E-state index is -3.75. The number of ether oxygens (including phenoxy) is 1. The maximum Gasteiger partial charge on any atom is 0.393 e. The lowest BCUT2D eigenvalue weighted by molar-refractivity contribution is -0.115. The Hall–Kier alpha value is -2.47. The summed E-state index contributed by atoms with van der Waals surface area (Å²) in [5.74, 6) is 0.607. The van der Waals surface area contributed by atoms with Gasteiger partial charge in [0.15, 0.2) is 11.2 Å². The highest BCUT2D eigenvalue weighted by atomic mass is 31.2. The number of morpholine rings is 1. The molecule has 2 saturated heterocycles. The summed E-state index contributed by atoms with van der Waals surface area (Å²) in [6.07, 6.45) is 1.28. The molecule has 2 aromatic heterocycles. The van der Waals surface area contributed by atoms with Gasteiger partial charge in [0.1, 0.15) is 6.23 Å². The Bertz CT molecular complexity index is 1260. The minimum Gasteiger partial charge on any atom is -0.369 e. The van der Waals surface area contributed by atoms with Gasteiger partial charge in [-0.3, -0.25) is 18.9 Å². The average Bonchev–Trinajstić information content (AvgIpc) is 3.29. The lowest BCUT2D eigenvalue weighted by atomic mass is 9.89. The first-order chi connectivity index (χ1) is 17.0. The van der Waals surface area contributed by atoms with E-state index in [1.165, 1.54) is 6.33 Å². The van der Waals surface area contributed by atoms with Crippen molar-refractivity contribution in [3.05, 3.63) is 16.7 Å². The first-order valence-corrected chi connectivity index (χ1v) is 14.0. The smallest absolute Gasteiger partial charge is 0.369 e. The van der Waals surface area contributed by atoms with Gasteiger partial charge < -0.3 is 20.3 Å². The molecule has 0 aliphatic carbocycles. The van der Waals surface area contributed by atoms with E-state index in [9.17, 15) is 9.36 Å². The Morgan fingerprint density at radius 2 is 1.84 bits per heavy atom. The fourth-order valence-electron chi connectivity index (χ4n) is 4.66. The summed E-state index contributed by atoms with van der Waals surface area (Å²) in [5, 5.41) is 0. The molecule has 14 heteroatoms. The summed E-state index contributed by atoms with van der Waals surface area (Å²) in [6, 6.07) is 0. The first-order valence-electron chi connectivity index (χ1n) is 12.5. The number of aromatic amines is 1. The predicted octanol–water partition coefficient (Wildman–Crippen LogP) is 2.49. The van der Waals surface area contributed by atoms with Crippen molar-refractivity contribution in [2.75, 3.05) is 46.0 Å². The number of guanidine groups is 1. The van der Waals surface area contributed by atoms with E-state index in [2.05, 4.69) is 35.7 Å². The van der Waals surface area contributed by atoms with Gasteiger partial charge in [-0.2, -0.15) is 9.75 Å². The molecule has 3 atom stereocenters. The van der Waals surface area contributed by atoms with Gasteiger partial charge >= 0.3 is 7.67 Å². The number of nitrogen functional groups attached to an aromatic ring is 1. The van der Waals surface area contributed by atoms with Crippen LogP contribution < -0.4 is 11.3 Å². The molecule has 0 aromatic carbocycles. The van der Waals surface area contributed by atoms with Crippen molar-refractivity contribution < 1.29 is 13.8 Å². The number of nitrogens with zero attached hydrogens (tertiary/aromatic N) is 7. The molecule has 2 fully saturated rings. The van der Waals surface area contributed by atoms with Crippen molar-refractivity contribution in [3.63, 3.8) is 0 Å². The van der Waals surface area contributed by atoms with Crippen LogP contribution in [0.25, 0.3) is 11.2 Å². The Balaban J connectivity index is 1.79. The first kappa shape index (κ1) is 27.6. The molecule has 2 aliphatic rings. The number of hydrogen-bond donors (Lipinski definition) is 2. The van der Waals surface area contributed by atoms with Crippen LogP contribution in [0.4, 0.5) is 5.95 Å². The summed E-state index contributed by atoms with van der Waals surface area (Å²) in [6.45, 7) is 14.1. The van der Waals surface area contributed by atoms with E-state index in [4.69, 9.17) is 19.8 Å². The Kier molecular flexibility index (Phi) is 7.21. The van der Waals surface area contributed by atoms with Crippen LogP contribution in [-0.2, 0) is 13.8 Å². The molecule has 3 N–H and O–H groups in total. The maximum atomic E-state index is 14.7. The topological polar surface area (TPSA) is 147 Å². The Labute approximate surface area is 217 Å². The monoisotopic (exact) mass is 537 g/mol. The lowest BCUT2D eigenvalue weighted by Crippen LogP contribution is -2.46. The van der Waals surface area contributed by atoms with E-state index in [0.717, 1.165) is 13.1 Å². The molecule has 1 unspecified atom stereocenters. The third-order valence-corrected chi connectivity index (χ3v) is 8.41. The molecular formula is C23H40N9O4P. The van der Waals surface area contributed by atoms with Crippen LogP contribution in [-0.4, -0.2) is 91.9 Å². The number of fused-ring (bicyclic) bond motifs is 1. The molecule has 0 amide bonds. The number of rotatable bonds is 5. The van der Waals surface area contributed by atoms with E-state index in [1.54, 1.807) is 9.24 Å². The molecule has 4 heterocycles. The second-order valence-electron chi connectivity index (χ2n) is 12.1. The number of imidazole rings is 1. The van der Waals surface area contributed by atoms with Crippen molar-refractivity contribution in [1.82, 2.24) is 34.0 Å². The van der Waals surface area contributed by atoms with E-state index in [-0.39, 0.29) is 29.5 Å². The molecule has 0 spiro atoms. The third kappa shape index (κ3) is 6.17. The van der Waals surface area contributed by atoms with E-state index in [1.807, 2.05) is 44.7 Å². The van der Waals surface area contributed by atoms with Crippen molar-refractivity contribution in [2.24, 2.45) is 10.2 Å². The number of nitrogens with two attached hydrogens (primary N) is 1. The number of H-pyrrole nitrogens is 1. The highest BCUT2D eigenvalue weighted by Crippen LogP contribution is 2.57. The van der Waals surface area contributed by atoms with Crippen molar-refractivity contribution >= 4 is 30.7 Å². The van der Waals surface area contributed by atoms with Gasteiger partial charge in [-0.25, -0.2) is 14.2 Å². The number of nitrogens with one attached hydrogen (secondary N) is 1. The molecule has 206 valence electrons. The summed E-state index contributed by atoms with van der Waals surface area (Å²) in [5.41, 5.74) is 5.09. The zero-order valence-corrected chi connectivity index (χ0v) is 24.0. The molecule has 2 aliphatic heterocycles. The summed E-state index contributed by atoms with van der Waals surface area (Å²) < 4.78 is 35.7. The average molecular weight is 538 g/mol. The Morgan fingerprint density at radius 3 is 2.43 bits per heavy atom. The van der Waals surface area contributed by atoms with Crippen LogP contribution in [0, 0.1) is 5.41 Å². The van der Waals surface area contributed by atoms with Gasteiger partial charge in [-0.15, -0.1) is 0 Å². The fourth-order valence-corrected chi connectivity index (χ4v) is 6.93. The standard InChI is InChI=1S/C23H40N9O4P/c1-22(2,3)11-15-12-31(37(34,36-23(4,5)6)28-21-29(7)9-10-30(21)8)13-16(35-15)32-14-25-17-18(32)26-20(24)27-19(17)33/h14-16H,9-13H2,1-8H3,(H3,24,26,27,33)/t15-,16-,37?/m1/s1. The third-order valence-electron chi connectivity index (χ3n) is 6.15. The van der Waals surface area contributed by atoms with Gasteiger partial charge in [-0.1, -0.05) is 20.8 Å². The van der Waals surface area contributed by atoms with Crippen LogP contribution in [0.2, 0.25) is 0 Å².